The van der Waals surface area contributed by atoms with Gasteiger partial charge in [0.15, 0.2) is 0 Å². The van der Waals surface area contributed by atoms with Gasteiger partial charge in [-0.05, 0) is 81.4 Å². The summed E-state index contributed by atoms with van der Waals surface area (Å²) in [6, 6.07) is 5.84. The first-order chi connectivity index (χ1) is 9.56. The summed E-state index contributed by atoms with van der Waals surface area (Å²) in [6.07, 6.45) is 6.48. The van der Waals surface area contributed by atoms with Crippen molar-refractivity contribution in [2.24, 2.45) is 11.8 Å². The lowest BCUT2D eigenvalue weighted by molar-refractivity contribution is 0.0949. The topological polar surface area (TPSA) is 29.1 Å². The van der Waals surface area contributed by atoms with E-state index in [0.29, 0.717) is 0 Å². The zero-order valence-corrected chi connectivity index (χ0v) is 15.5. The SMILES string of the molecule is CC1CCCC(CCNC(=O)c2cc(I)ccc2Br)C1. The maximum Gasteiger partial charge on any atom is 0.252 e. The molecule has 20 heavy (non-hydrogen) atoms. The fourth-order valence-corrected chi connectivity index (χ4v) is 3.90. The molecule has 1 N–H and O–H groups in total. The summed E-state index contributed by atoms with van der Waals surface area (Å²) in [5.41, 5.74) is 0.730. The van der Waals surface area contributed by atoms with Crippen LogP contribution in [-0.4, -0.2) is 12.5 Å². The molecule has 0 saturated heterocycles. The molecule has 2 rings (SSSR count). The third kappa shape index (κ3) is 4.72. The Bertz CT molecular complexity index is 478. The second-order valence-electron chi connectivity index (χ2n) is 5.81. The van der Waals surface area contributed by atoms with Crippen molar-refractivity contribution in [2.75, 3.05) is 6.54 Å². The van der Waals surface area contributed by atoms with Crippen LogP contribution in [0.5, 0.6) is 0 Å². The maximum absolute atomic E-state index is 12.2. The van der Waals surface area contributed by atoms with Crippen LogP contribution in [0.4, 0.5) is 0 Å². The van der Waals surface area contributed by atoms with E-state index in [1.807, 2.05) is 18.2 Å². The number of nitrogens with one attached hydrogen (secondary N) is 1. The van der Waals surface area contributed by atoms with E-state index in [9.17, 15) is 4.79 Å². The number of carbonyl (C=O) groups excluding carboxylic acids is 1. The van der Waals surface area contributed by atoms with E-state index < -0.39 is 0 Å². The molecule has 0 heterocycles. The highest BCUT2D eigenvalue weighted by atomic mass is 127. The Labute approximate surface area is 143 Å². The summed E-state index contributed by atoms with van der Waals surface area (Å²) in [6.45, 7) is 3.13. The van der Waals surface area contributed by atoms with E-state index in [2.05, 4.69) is 50.8 Å². The Morgan fingerprint density at radius 3 is 3.00 bits per heavy atom. The van der Waals surface area contributed by atoms with Gasteiger partial charge in [-0.1, -0.05) is 26.2 Å². The van der Waals surface area contributed by atoms with Gasteiger partial charge in [-0.15, -0.1) is 0 Å². The summed E-state index contributed by atoms with van der Waals surface area (Å²) < 4.78 is 1.94. The smallest absolute Gasteiger partial charge is 0.252 e. The maximum atomic E-state index is 12.2. The second-order valence-corrected chi connectivity index (χ2v) is 7.91. The van der Waals surface area contributed by atoms with E-state index in [0.717, 1.165) is 38.4 Å². The molecular weight excluding hydrogens is 429 g/mol. The quantitative estimate of drug-likeness (QED) is 0.644. The van der Waals surface area contributed by atoms with Gasteiger partial charge in [0, 0.05) is 14.6 Å². The molecule has 4 heteroatoms. The van der Waals surface area contributed by atoms with Crippen molar-refractivity contribution in [1.82, 2.24) is 5.32 Å². The van der Waals surface area contributed by atoms with Crippen molar-refractivity contribution in [3.63, 3.8) is 0 Å². The van der Waals surface area contributed by atoms with Crippen molar-refractivity contribution in [2.45, 2.75) is 39.0 Å². The summed E-state index contributed by atoms with van der Waals surface area (Å²) >= 11 is 5.67. The van der Waals surface area contributed by atoms with Gasteiger partial charge in [0.1, 0.15) is 0 Å². The van der Waals surface area contributed by atoms with Gasteiger partial charge in [-0.2, -0.15) is 0 Å². The average molecular weight is 450 g/mol. The number of benzene rings is 1. The standard InChI is InChI=1S/C16H21BrINO/c1-11-3-2-4-12(9-11)7-8-19-16(20)14-10-13(18)5-6-15(14)17/h5-6,10-12H,2-4,7-9H2,1H3,(H,19,20). The van der Waals surface area contributed by atoms with Crippen LogP contribution in [0.3, 0.4) is 0 Å². The third-order valence-electron chi connectivity index (χ3n) is 4.06. The monoisotopic (exact) mass is 449 g/mol. The molecule has 1 aromatic rings. The highest BCUT2D eigenvalue weighted by Gasteiger charge is 2.19. The molecule has 2 nitrogen and oxygen atoms in total. The lowest BCUT2D eigenvalue weighted by Gasteiger charge is -2.26. The lowest BCUT2D eigenvalue weighted by atomic mass is 9.81. The van der Waals surface area contributed by atoms with Gasteiger partial charge in [-0.25, -0.2) is 0 Å². The van der Waals surface area contributed by atoms with E-state index in [4.69, 9.17) is 0 Å². The van der Waals surface area contributed by atoms with Crippen LogP contribution in [0.1, 0.15) is 49.4 Å². The molecule has 0 aliphatic heterocycles. The molecule has 1 aromatic carbocycles. The predicted molar refractivity (Wildman–Crippen MR) is 94.9 cm³/mol. The highest BCUT2D eigenvalue weighted by molar-refractivity contribution is 14.1. The van der Waals surface area contributed by atoms with Gasteiger partial charge in [0.05, 0.1) is 5.56 Å². The minimum Gasteiger partial charge on any atom is -0.352 e. The molecule has 1 aliphatic rings. The first-order valence-electron chi connectivity index (χ1n) is 7.29. The Kier molecular flexibility index (Phi) is 6.33. The third-order valence-corrected chi connectivity index (χ3v) is 5.42. The van der Waals surface area contributed by atoms with Crippen LogP contribution in [0.25, 0.3) is 0 Å². The zero-order chi connectivity index (χ0) is 14.5. The van der Waals surface area contributed by atoms with Crippen LogP contribution in [0, 0.1) is 15.4 Å². The summed E-state index contributed by atoms with van der Waals surface area (Å²) in [7, 11) is 0. The highest BCUT2D eigenvalue weighted by Crippen LogP contribution is 2.30. The second kappa shape index (κ2) is 7.78. The van der Waals surface area contributed by atoms with Crippen LogP contribution in [0.2, 0.25) is 0 Å². The van der Waals surface area contributed by atoms with Crippen LogP contribution >= 0.6 is 38.5 Å². The minimum atomic E-state index is 0.0271. The summed E-state index contributed by atoms with van der Waals surface area (Å²) in [5, 5.41) is 3.06. The number of hydrogen-bond donors (Lipinski definition) is 1. The molecule has 2 atom stereocenters. The molecule has 1 aliphatic carbocycles. The summed E-state index contributed by atoms with van der Waals surface area (Å²) in [5.74, 6) is 1.67. The lowest BCUT2D eigenvalue weighted by Crippen LogP contribution is -2.27. The van der Waals surface area contributed by atoms with E-state index in [1.165, 1.54) is 25.7 Å². The van der Waals surface area contributed by atoms with Gasteiger partial charge in [0.25, 0.3) is 5.91 Å². The fraction of sp³-hybridized carbons (Fsp3) is 0.562. The van der Waals surface area contributed by atoms with E-state index in [-0.39, 0.29) is 5.91 Å². The molecule has 2 unspecified atom stereocenters. The van der Waals surface area contributed by atoms with E-state index >= 15 is 0 Å². The molecule has 0 radical (unpaired) electrons. The molecule has 1 fully saturated rings. The Morgan fingerprint density at radius 1 is 1.45 bits per heavy atom. The molecule has 0 bridgehead atoms. The molecule has 0 aromatic heterocycles. The number of rotatable bonds is 4. The van der Waals surface area contributed by atoms with Crippen LogP contribution in [-0.2, 0) is 0 Å². The Balaban J connectivity index is 1.81. The Morgan fingerprint density at radius 2 is 2.25 bits per heavy atom. The van der Waals surface area contributed by atoms with Gasteiger partial charge in [-0.3, -0.25) is 4.79 Å². The average Bonchev–Trinajstić information content (AvgIpc) is 2.41. The van der Waals surface area contributed by atoms with Crippen molar-refractivity contribution in [1.29, 1.82) is 0 Å². The summed E-state index contributed by atoms with van der Waals surface area (Å²) in [4.78, 5) is 12.2. The molecular formula is C16H21BrINO. The largest absolute Gasteiger partial charge is 0.352 e. The van der Waals surface area contributed by atoms with Crippen LogP contribution in [0.15, 0.2) is 22.7 Å². The van der Waals surface area contributed by atoms with Crippen molar-refractivity contribution >= 4 is 44.4 Å². The molecule has 1 amide bonds. The molecule has 110 valence electrons. The van der Waals surface area contributed by atoms with Crippen molar-refractivity contribution in [3.05, 3.63) is 31.8 Å². The zero-order valence-electron chi connectivity index (χ0n) is 11.8. The van der Waals surface area contributed by atoms with Crippen molar-refractivity contribution in [3.8, 4) is 0 Å². The number of hydrogen-bond acceptors (Lipinski definition) is 1. The van der Waals surface area contributed by atoms with Gasteiger partial charge >= 0.3 is 0 Å². The van der Waals surface area contributed by atoms with Crippen LogP contribution < -0.4 is 5.32 Å². The van der Waals surface area contributed by atoms with E-state index in [1.54, 1.807) is 0 Å². The van der Waals surface area contributed by atoms with Gasteiger partial charge < -0.3 is 5.32 Å². The predicted octanol–water partition coefficient (Wildman–Crippen LogP) is 5.00. The molecule has 1 saturated carbocycles. The number of carbonyl (C=O) groups is 1. The number of amides is 1. The normalized spacial score (nSPS) is 22.6. The Hall–Kier alpha value is -0.100. The van der Waals surface area contributed by atoms with Crippen molar-refractivity contribution < 1.29 is 4.79 Å². The number of halogens is 2. The fourth-order valence-electron chi connectivity index (χ4n) is 2.98. The first-order valence-corrected chi connectivity index (χ1v) is 9.16. The first kappa shape index (κ1) is 16.3. The van der Waals surface area contributed by atoms with Gasteiger partial charge in [0.2, 0.25) is 0 Å². The molecule has 0 spiro atoms. The minimum absolute atomic E-state index is 0.0271.